The summed E-state index contributed by atoms with van der Waals surface area (Å²) in [6.45, 7) is 13.0. The molecule has 0 atom stereocenters. The molecule has 22 heteroatoms. The minimum absolute atomic E-state index is 0.233. The molecule has 0 radical (unpaired) electrons. The zero-order valence-corrected chi connectivity index (χ0v) is 38.7. The van der Waals surface area contributed by atoms with Crippen LogP contribution in [0, 0.1) is 0 Å². The monoisotopic (exact) mass is 944 g/mol. The van der Waals surface area contributed by atoms with Crippen molar-refractivity contribution in [2.45, 2.75) is 13.3 Å². The van der Waals surface area contributed by atoms with Crippen LogP contribution in [-0.2, 0) is 87.2 Å². The van der Waals surface area contributed by atoms with Crippen LogP contribution in [0.25, 0.3) is 0 Å². The lowest BCUT2D eigenvalue weighted by Gasteiger charge is -2.17. The van der Waals surface area contributed by atoms with Gasteiger partial charge in [0.1, 0.15) is 0 Å². The zero-order valence-electron chi connectivity index (χ0n) is 38.7. The maximum atomic E-state index is 12.8. The van der Waals surface area contributed by atoms with E-state index in [0.717, 1.165) is 17.1 Å². The molecule has 1 aromatic rings. The molecule has 0 saturated heterocycles. The summed E-state index contributed by atoms with van der Waals surface area (Å²) in [7, 11) is 1.64. The van der Waals surface area contributed by atoms with Crippen LogP contribution in [0.1, 0.15) is 22.8 Å². The number of hydrogen-bond donors (Lipinski definition) is 3. The van der Waals surface area contributed by atoms with Crippen molar-refractivity contribution in [3.63, 3.8) is 0 Å². The Bertz CT molecular complexity index is 1470. The first kappa shape index (κ1) is 58.1. The van der Waals surface area contributed by atoms with E-state index >= 15 is 0 Å². The molecule has 0 aliphatic carbocycles. The highest BCUT2D eigenvalue weighted by Crippen LogP contribution is 2.23. The standard InChI is InChI=1S/C44H72N4O18/c1-3-37-4-5-38(48-42(51)6-7-43(48)52)34-39(37)44(53)47-36-41(50)46-35-40(49)45-8-9-55-12-13-57-16-17-59-20-21-61-24-25-63-28-29-65-32-33-66-31-30-64-27-26-62-23-22-60-19-18-58-15-14-56-11-10-54-2/h4-7,34H,3,8-33,35-36H2,1-2H3,(H,45,49)(H,46,50)(H,47,53). The van der Waals surface area contributed by atoms with Gasteiger partial charge in [-0.25, -0.2) is 4.90 Å². The number of anilines is 1. The number of nitrogens with zero attached hydrogens (tertiary/aromatic N) is 1. The average Bonchev–Trinajstić information content (AvgIpc) is 3.66. The van der Waals surface area contributed by atoms with Crippen LogP contribution in [0.2, 0.25) is 0 Å². The highest BCUT2D eigenvalue weighted by Gasteiger charge is 2.26. The van der Waals surface area contributed by atoms with E-state index < -0.39 is 29.5 Å². The molecule has 1 aliphatic heterocycles. The fraction of sp³-hybridized carbons (Fsp3) is 0.705. The number of carbonyl (C=O) groups is 5. The normalized spacial score (nSPS) is 12.4. The minimum Gasteiger partial charge on any atom is -0.382 e. The van der Waals surface area contributed by atoms with E-state index in [4.69, 9.17) is 61.6 Å². The van der Waals surface area contributed by atoms with Crippen LogP contribution in [0.4, 0.5) is 5.69 Å². The molecule has 0 bridgehead atoms. The summed E-state index contributed by atoms with van der Waals surface area (Å²) in [5, 5.41) is 7.58. The molecular weight excluding hydrogens is 872 g/mol. The quantitative estimate of drug-likeness (QED) is 0.0550. The average molecular weight is 945 g/mol. The summed E-state index contributed by atoms with van der Waals surface area (Å²) in [4.78, 5) is 62.2. The fourth-order valence-electron chi connectivity index (χ4n) is 5.36. The molecule has 2 rings (SSSR count). The highest BCUT2D eigenvalue weighted by molar-refractivity contribution is 6.28. The van der Waals surface area contributed by atoms with E-state index in [1.165, 1.54) is 6.07 Å². The molecule has 0 saturated carbocycles. The molecule has 0 unspecified atom stereocenters. The third-order valence-corrected chi connectivity index (χ3v) is 8.73. The van der Waals surface area contributed by atoms with Gasteiger partial charge in [0.2, 0.25) is 11.8 Å². The van der Waals surface area contributed by atoms with Crippen molar-refractivity contribution >= 4 is 35.2 Å². The maximum Gasteiger partial charge on any atom is 0.258 e. The van der Waals surface area contributed by atoms with E-state index in [-0.39, 0.29) is 37.5 Å². The second kappa shape index (κ2) is 41.2. The summed E-state index contributed by atoms with van der Waals surface area (Å²) in [5.41, 5.74) is 1.16. The van der Waals surface area contributed by atoms with Crippen molar-refractivity contribution in [3.8, 4) is 0 Å². The Morgan fingerprint density at radius 3 is 1.15 bits per heavy atom. The number of benzene rings is 1. The lowest BCUT2D eigenvalue weighted by molar-refractivity contribution is -0.125. The van der Waals surface area contributed by atoms with E-state index in [2.05, 4.69) is 16.0 Å². The maximum absolute atomic E-state index is 12.8. The van der Waals surface area contributed by atoms with E-state index in [0.29, 0.717) is 171 Å². The number of hydrogen-bond acceptors (Lipinski definition) is 18. The van der Waals surface area contributed by atoms with Crippen molar-refractivity contribution in [1.29, 1.82) is 0 Å². The van der Waals surface area contributed by atoms with E-state index in [1.54, 1.807) is 19.2 Å². The van der Waals surface area contributed by atoms with Gasteiger partial charge < -0.3 is 77.5 Å². The molecule has 0 spiro atoms. The smallest absolute Gasteiger partial charge is 0.258 e. The molecule has 0 aromatic heterocycles. The summed E-state index contributed by atoms with van der Waals surface area (Å²) >= 11 is 0. The third kappa shape index (κ3) is 30.3. The van der Waals surface area contributed by atoms with E-state index in [9.17, 15) is 24.0 Å². The van der Waals surface area contributed by atoms with Crippen LogP contribution in [0.3, 0.4) is 0 Å². The van der Waals surface area contributed by atoms with Crippen LogP contribution < -0.4 is 20.9 Å². The Hall–Kier alpha value is -4.01. The molecule has 66 heavy (non-hydrogen) atoms. The van der Waals surface area contributed by atoms with Gasteiger partial charge in [-0.1, -0.05) is 13.0 Å². The van der Waals surface area contributed by atoms with Gasteiger partial charge in [-0.05, 0) is 24.1 Å². The van der Waals surface area contributed by atoms with Gasteiger partial charge in [0.25, 0.3) is 17.7 Å². The van der Waals surface area contributed by atoms with Gasteiger partial charge in [-0.15, -0.1) is 0 Å². The van der Waals surface area contributed by atoms with Gasteiger partial charge in [0.15, 0.2) is 0 Å². The molecule has 376 valence electrons. The Morgan fingerprint density at radius 2 is 0.788 bits per heavy atom. The molecule has 1 heterocycles. The number of amides is 5. The topological polar surface area (TPSA) is 245 Å². The lowest BCUT2D eigenvalue weighted by Crippen LogP contribution is -2.42. The Kier molecular flexibility index (Phi) is 36.3. The van der Waals surface area contributed by atoms with Crippen LogP contribution >= 0.6 is 0 Å². The number of aryl methyl sites for hydroxylation is 1. The molecule has 1 aliphatic rings. The zero-order chi connectivity index (χ0) is 47.6. The second-order valence-corrected chi connectivity index (χ2v) is 13.7. The Balaban J connectivity index is 1.24. The van der Waals surface area contributed by atoms with Gasteiger partial charge in [0.05, 0.1) is 184 Å². The largest absolute Gasteiger partial charge is 0.382 e. The Labute approximate surface area is 387 Å². The molecule has 1 aromatic carbocycles. The molecule has 3 N–H and O–H groups in total. The first-order chi connectivity index (χ1) is 32.4. The predicted molar refractivity (Wildman–Crippen MR) is 238 cm³/mol. The van der Waals surface area contributed by atoms with Gasteiger partial charge in [-0.3, -0.25) is 24.0 Å². The van der Waals surface area contributed by atoms with Crippen molar-refractivity contribution in [2.75, 3.05) is 197 Å². The SMILES string of the molecule is CCc1ccc(N2C(=O)C=CC2=O)cc1C(=O)NCC(=O)NCC(=O)NCCOCCOCCOCCOCCOCCOCCOCCOCCOCCOCCOCCOCCOC. The van der Waals surface area contributed by atoms with Gasteiger partial charge >= 0.3 is 0 Å². The Morgan fingerprint density at radius 1 is 0.455 bits per heavy atom. The van der Waals surface area contributed by atoms with E-state index in [1.807, 2.05) is 6.92 Å². The predicted octanol–water partition coefficient (Wildman–Crippen LogP) is -0.514. The third-order valence-electron chi connectivity index (χ3n) is 8.73. The summed E-state index contributed by atoms with van der Waals surface area (Å²) in [6.07, 6.45) is 2.82. The summed E-state index contributed by atoms with van der Waals surface area (Å²) < 4.78 is 70.3. The van der Waals surface area contributed by atoms with Crippen molar-refractivity contribution in [3.05, 3.63) is 41.5 Å². The van der Waals surface area contributed by atoms with Gasteiger partial charge in [0, 0.05) is 31.4 Å². The number of ether oxygens (including phenoxy) is 13. The first-order valence-electron chi connectivity index (χ1n) is 22.3. The highest BCUT2D eigenvalue weighted by atomic mass is 16.6. The number of imide groups is 1. The second-order valence-electron chi connectivity index (χ2n) is 13.7. The van der Waals surface area contributed by atoms with Crippen LogP contribution in [0.5, 0.6) is 0 Å². The number of carbonyl (C=O) groups excluding carboxylic acids is 5. The fourth-order valence-corrected chi connectivity index (χ4v) is 5.36. The first-order valence-corrected chi connectivity index (χ1v) is 22.3. The molecular formula is C44H72N4O18. The summed E-state index contributed by atoms with van der Waals surface area (Å²) in [5.74, 6) is -2.56. The van der Waals surface area contributed by atoms with Crippen LogP contribution in [-0.4, -0.2) is 221 Å². The molecule has 22 nitrogen and oxygen atoms in total. The lowest BCUT2D eigenvalue weighted by atomic mass is 10.0. The number of methoxy groups -OCH3 is 1. The van der Waals surface area contributed by atoms with Crippen molar-refractivity contribution in [1.82, 2.24) is 16.0 Å². The van der Waals surface area contributed by atoms with Crippen molar-refractivity contribution < 1.29 is 85.6 Å². The van der Waals surface area contributed by atoms with Crippen LogP contribution in [0.15, 0.2) is 30.4 Å². The van der Waals surface area contributed by atoms with Crippen molar-refractivity contribution in [2.24, 2.45) is 0 Å². The number of nitrogens with one attached hydrogen (secondary N) is 3. The summed E-state index contributed by atoms with van der Waals surface area (Å²) in [6, 6.07) is 4.68. The molecule has 5 amide bonds. The number of rotatable bonds is 46. The minimum atomic E-state index is -0.569. The van der Waals surface area contributed by atoms with Gasteiger partial charge in [-0.2, -0.15) is 0 Å². The molecule has 0 fully saturated rings.